The van der Waals surface area contributed by atoms with Crippen molar-refractivity contribution < 1.29 is 0 Å². The van der Waals surface area contributed by atoms with E-state index in [-0.39, 0.29) is 5.41 Å². The first-order valence-corrected chi connectivity index (χ1v) is 19.2. The number of anilines is 3. The van der Waals surface area contributed by atoms with Crippen LogP contribution in [0.1, 0.15) is 25.0 Å². The molecule has 1 aromatic heterocycles. The lowest BCUT2D eigenvalue weighted by Crippen LogP contribution is -2.14. The van der Waals surface area contributed by atoms with Crippen molar-refractivity contribution in [3.63, 3.8) is 0 Å². The van der Waals surface area contributed by atoms with E-state index in [1.165, 1.54) is 82.4 Å². The van der Waals surface area contributed by atoms with Crippen LogP contribution in [0.15, 0.2) is 194 Å². The van der Waals surface area contributed by atoms with Gasteiger partial charge in [0.05, 0.1) is 11.0 Å². The molecule has 0 unspecified atom stereocenters. The highest BCUT2D eigenvalue weighted by atomic mass is 15.1. The molecule has 55 heavy (non-hydrogen) atoms. The van der Waals surface area contributed by atoms with Gasteiger partial charge in [-0.15, -0.1) is 0 Å². The van der Waals surface area contributed by atoms with E-state index in [1.54, 1.807) is 0 Å². The van der Waals surface area contributed by atoms with Gasteiger partial charge in [0.2, 0.25) is 0 Å². The number of nitrogens with zero attached hydrogens (tertiary/aromatic N) is 2. The summed E-state index contributed by atoms with van der Waals surface area (Å²) in [4.78, 5) is 2.40. The molecular weight excluding hydrogens is 665 g/mol. The van der Waals surface area contributed by atoms with Crippen molar-refractivity contribution in [3.8, 4) is 27.9 Å². The van der Waals surface area contributed by atoms with E-state index in [1.807, 2.05) is 0 Å². The van der Waals surface area contributed by atoms with Crippen molar-refractivity contribution >= 4 is 60.4 Å². The SMILES string of the molecule is CC1(C)c2ccccc2-c2ccc(-c3ccc(N(c4ccc5ccccc5c4)c4ccc5c(c4)c4ccccc4n5-c4ccc5ccccc5c4)cc3)cc21. The highest BCUT2D eigenvalue weighted by Gasteiger charge is 2.35. The summed E-state index contributed by atoms with van der Waals surface area (Å²) >= 11 is 0. The zero-order valence-corrected chi connectivity index (χ0v) is 30.9. The summed E-state index contributed by atoms with van der Waals surface area (Å²) in [5, 5.41) is 7.40. The molecule has 1 heterocycles. The van der Waals surface area contributed by atoms with E-state index in [4.69, 9.17) is 0 Å². The van der Waals surface area contributed by atoms with Crippen molar-refractivity contribution in [2.24, 2.45) is 0 Å². The average molecular weight is 703 g/mol. The molecule has 0 bridgehead atoms. The second-order valence-electron chi connectivity index (χ2n) is 15.4. The monoisotopic (exact) mass is 702 g/mol. The van der Waals surface area contributed by atoms with Gasteiger partial charge in [-0.3, -0.25) is 0 Å². The fraction of sp³-hybridized carbons (Fsp3) is 0.0566. The number of rotatable bonds is 5. The first kappa shape index (κ1) is 31.6. The molecule has 0 atom stereocenters. The molecule has 0 aliphatic heterocycles. The largest absolute Gasteiger partial charge is 0.310 e. The van der Waals surface area contributed by atoms with Gasteiger partial charge in [-0.2, -0.15) is 0 Å². The summed E-state index contributed by atoms with van der Waals surface area (Å²) in [6.45, 7) is 4.70. The lowest BCUT2D eigenvalue weighted by atomic mass is 9.81. The Morgan fingerprint density at radius 1 is 0.382 bits per heavy atom. The van der Waals surface area contributed by atoms with Crippen LogP contribution in [0.25, 0.3) is 71.3 Å². The second kappa shape index (κ2) is 12.1. The number of aromatic nitrogens is 1. The zero-order chi connectivity index (χ0) is 36.7. The maximum Gasteiger partial charge on any atom is 0.0542 e. The summed E-state index contributed by atoms with van der Waals surface area (Å²) in [6, 6.07) is 71.5. The molecule has 1 aliphatic rings. The van der Waals surface area contributed by atoms with Crippen LogP contribution >= 0.6 is 0 Å². The molecule has 0 N–H and O–H groups in total. The third kappa shape index (κ3) is 4.95. The Morgan fingerprint density at radius 3 is 1.78 bits per heavy atom. The lowest BCUT2D eigenvalue weighted by Gasteiger charge is -2.26. The fourth-order valence-corrected chi connectivity index (χ4v) is 9.14. The topological polar surface area (TPSA) is 8.17 Å². The lowest BCUT2D eigenvalue weighted by molar-refractivity contribution is 0.660. The molecule has 260 valence electrons. The number of hydrogen-bond acceptors (Lipinski definition) is 1. The molecule has 0 fully saturated rings. The minimum Gasteiger partial charge on any atom is -0.310 e. The van der Waals surface area contributed by atoms with Crippen molar-refractivity contribution in [1.82, 2.24) is 4.57 Å². The molecule has 2 heteroatoms. The first-order chi connectivity index (χ1) is 27.0. The Kier molecular flexibility index (Phi) is 6.93. The first-order valence-electron chi connectivity index (χ1n) is 19.2. The predicted octanol–water partition coefficient (Wildman–Crippen LogP) is 14.5. The number of para-hydroxylation sites is 1. The van der Waals surface area contributed by atoms with Crippen LogP contribution in [0.2, 0.25) is 0 Å². The zero-order valence-electron chi connectivity index (χ0n) is 30.9. The van der Waals surface area contributed by atoms with E-state index < -0.39 is 0 Å². The van der Waals surface area contributed by atoms with Crippen molar-refractivity contribution in [2.45, 2.75) is 19.3 Å². The summed E-state index contributed by atoms with van der Waals surface area (Å²) in [5.41, 5.74) is 14.8. The molecular formula is C53H38N2. The van der Waals surface area contributed by atoms with Gasteiger partial charge in [0.25, 0.3) is 0 Å². The number of benzene rings is 9. The van der Waals surface area contributed by atoms with Crippen LogP contribution in [-0.4, -0.2) is 4.57 Å². The maximum atomic E-state index is 2.41. The molecule has 11 rings (SSSR count). The quantitative estimate of drug-likeness (QED) is 0.173. The van der Waals surface area contributed by atoms with E-state index in [9.17, 15) is 0 Å². The summed E-state index contributed by atoms with van der Waals surface area (Å²) in [6.07, 6.45) is 0. The van der Waals surface area contributed by atoms with E-state index in [0.717, 1.165) is 17.1 Å². The highest BCUT2D eigenvalue weighted by molar-refractivity contribution is 6.11. The Hall–Kier alpha value is -6.90. The van der Waals surface area contributed by atoms with Gasteiger partial charge >= 0.3 is 0 Å². The van der Waals surface area contributed by atoms with Crippen molar-refractivity contribution in [1.29, 1.82) is 0 Å². The molecule has 0 spiro atoms. The van der Waals surface area contributed by atoms with E-state index >= 15 is 0 Å². The normalized spacial score (nSPS) is 13.1. The molecule has 1 aliphatic carbocycles. The molecule has 10 aromatic rings. The summed E-state index contributed by atoms with van der Waals surface area (Å²) in [5.74, 6) is 0. The van der Waals surface area contributed by atoms with Gasteiger partial charge in [0.15, 0.2) is 0 Å². The molecule has 0 saturated heterocycles. The average Bonchev–Trinajstić information content (AvgIpc) is 3.69. The number of fused-ring (bicyclic) bond motifs is 8. The highest BCUT2D eigenvalue weighted by Crippen LogP contribution is 2.50. The Bertz CT molecular complexity index is 3130. The minimum absolute atomic E-state index is 0.0369. The summed E-state index contributed by atoms with van der Waals surface area (Å²) < 4.78 is 2.41. The van der Waals surface area contributed by atoms with Crippen LogP contribution in [-0.2, 0) is 5.41 Å². The van der Waals surface area contributed by atoms with Gasteiger partial charge in [-0.05, 0) is 122 Å². The maximum absolute atomic E-state index is 2.41. The second-order valence-corrected chi connectivity index (χ2v) is 15.4. The van der Waals surface area contributed by atoms with Crippen LogP contribution in [0.3, 0.4) is 0 Å². The standard InChI is InChI=1S/C53H38N2/c1-53(2)49-17-9-7-15-45(49)46-29-23-40(33-50(46)53)37-19-24-41(25-20-37)54(42-26-21-35-11-3-5-13-38(35)31-42)44-28-30-52-48(34-44)47-16-8-10-18-51(47)55(52)43-27-22-36-12-4-6-14-39(36)32-43/h3-34H,1-2H3. The fourth-order valence-electron chi connectivity index (χ4n) is 9.14. The van der Waals surface area contributed by atoms with Crippen LogP contribution < -0.4 is 4.90 Å². The third-order valence-corrected chi connectivity index (χ3v) is 11.9. The Labute approximate surface area is 321 Å². The smallest absolute Gasteiger partial charge is 0.0542 e. The van der Waals surface area contributed by atoms with Crippen molar-refractivity contribution in [2.75, 3.05) is 4.90 Å². The van der Waals surface area contributed by atoms with Gasteiger partial charge < -0.3 is 9.47 Å². The predicted molar refractivity (Wildman–Crippen MR) is 233 cm³/mol. The molecule has 0 saturated carbocycles. The molecule has 0 amide bonds. The third-order valence-electron chi connectivity index (χ3n) is 11.9. The van der Waals surface area contributed by atoms with Gasteiger partial charge in [-0.25, -0.2) is 0 Å². The molecule has 0 radical (unpaired) electrons. The summed E-state index contributed by atoms with van der Waals surface area (Å²) in [7, 11) is 0. The molecule has 2 nitrogen and oxygen atoms in total. The van der Waals surface area contributed by atoms with Gasteiger partial charge in [-0.1, -0.05) is 141 Å². The van der Waals surface area contributed by atoms with Crippen LogP contribution in [0.5, 0.6) is 0 Å². The van der Waals surface area contributed by atoms with Crippen LogP contribution in [0.4, 0.5) is 17.1 Å². The van der Waals surface area contributed by atoms with Crippen LogP contribution in [0, 0.1) is 0 Å². The molecule has 9 aromatic carbocycles. The Morgan fingerprint density at radius 2 is 0.964 bits per heavy atom. The van der Waals surface area contributed by atoms with Gasteiger partial charge in [0, 0.05) is 38.9 Å². The van der Waals surface area contributed by atoms with Gasteiger partial charge in [0.1, 0.15) is 0 Å². The minimum atomic E-state index is -0.0369. The number of hydrogen-bond donors (Lipinski definition) is 0. The Balaban J connectivity index is 1.05. The van der Waals surface area contributed by atoms with Crippen molar-refractivity contribution in [3.05, 3.63) is 205 Å². The van der Waals surface area contributed by atoms with E-state index in [0.29, 0.717) is 0 Å². The van der Waals surface area contributed by atoms with E-state index in [2.05, 4.69) is 217 Å².